The van der Waals surface area contributed by atoms with Gasteiger partial charge in [0.1, 0.15) is 10.7 Å². The Hall–Kier alpha value is -0.690. The lowest BCUT2D eigenvalue weighted by atomic mass is 10.4. The lowest BCUT2D eigenvalue weighted by Gasteiger charge is -2.04. The summed E-state index contributed by atoms with van der Waals surface area (Å²) in [6.45, 7) is 2.59. The van der Waals surface area contributed by atoms with Gasteiger partial charge in [0.25, 0.3) is 5.91 Å². The Kier molecular flexibility index (Phi) is 7.30. The molecule has 0 radical (unpaired) electrons. The first-order valence-electron chi connectivity index (χ1n) is 6.30. The number of thiazole rings is 1. The van der Waals surface area contributed by atoms with E-state index in [2.05, 4.69) is 10.3 Å². The molecule has 1 aliphatic rings. The van der Waals surface area contributed by atoms with Crippen LogP contribution in [0.2, 0.25) is 0 Å². The zero-order chi connectivity index (χ0) is 12.8. The summed E-state index contributed by atoms with van der Waals surface area (Å²) >= 11 is 1.41. The van der Waals surface area contributed by atoms with Gasteiger partial charge < -0.3 is 15.8 Å². The number of ether oxygens (including phenoxy) is 1. The lowest BCUT2D eigenvalue weighted by Crippen LogP contribution is -2.25. The quantitative estimate of drug-likeness (QED) is 0.715. The summed E-state index contributed by atoms with van der Waals surface area (Å²) in [5, 5.41) is 5.35. The third-order valence-electron chi connectivity index (χ3n) is 2.76. The van der Waals surface area contributed by atoms with Crippen LogP contribution in [0.25, 0.3) is 0 Å². The minimum absolute atomic E-state index is 0. The van der Waals surface area contributed by atoms with Gasteiger partial charge in [-0.05, 0) is 25.2 Å². The number of nitrogens with two attached hydrogens (primary N) is 1. The smallest absolute Gasteiger partial charge is 0.270 e. The SMILES string of the molecule is Cl.NCc1nc(C(=O)NCCCOCC2CC2)cs1. The zero-order valence-corrected chi connectivity index (χ0v) is 12.4. The van der Waals surface area contributed by atoms with E-state index < -0.39 is 0 Å². The van der Waals surface area contributed by atoms with Crippen LogP contribution < -0.4 is 11.1 Å². The number of halogens is 1. The van der Waals surface area contributed by atoms with Crippen molar-refractivity contribution in [2.45, 2.75) is 25.8 Å². The van der Waals surface area contributed by atoms with E-state index in [4.69, 9.17) is 10.5 Å². The summed E-state index contributed by atoms with van der Waals surface area (Å²) in [6, 6.07) is 0. The van der Waals surface area contributed by atoms with E-state index in [9.17, 15) is 4.79 Å². The maximum absolute atomic E-state index is 11.7. The third-order valence-corrected chi connectivity index (χ3v) is 3.63. The van der Waals surface area contributed by atoms with Crippen LogP contribution in [0.3, 0.4) is 0 Å². The Morgan fingerprint density at radius 2 is 2.37 bits per heavy atom. The summed E-state index contributed by atoms with van der Waals surface area (Å²) in [7, 11) is 0. The predicted molar refractivity (Wildman–Crippen MR) is 77.7 cm³/mol. The number of hydrogen-bond acceptors (Lipinski definition) is 5. The standard InChI is InChI=1S/C12H19N3O2S.ClH/c13-6-11-15-10(8-18-11)12(16)14-4-1-5-17-7-9-2-3-9;/h8-9H,1-7,13H2,(H,14,16);1H. The molecule has 1 saturated carbocycles. The summed E-state index contributed by atoms with van der Waals surface area (Å²) < 4.78 is 5.49. The first kappa shape index (κ1) is 16.4. The van der Waals surface area contributed by atoms with Crippen LogP contribution >= 0.6 is 23.7 Å². The largest absolute Gasteiger partial charge is 0.381 e. The molecule has 19 heavy (non-hydrogen) atoms. The van der Waals surface area contributed by atoms with Gasteiger partial charge in [-0.15, -0.1) is 23.7 Å². The molecule has 2 rings (SSSR count). The van der Waals surface area contributed by atoms with Crippen LogP contribution in [-0.4, -0.2) is 30.6 Å². The molecular formula is C12H20ClN3O2S. The highest BCUT2D eigenvalue weighted by Gasteiger charge is 2.20. The molecule has 0 bridgehead atoms. The third kappa shape index (κ3) is 5.86. The molecule has 0 aromatic carbocycles. The molecule has 0 spiro atoms. The van der Waals surface area contributed by atoms with Gasteiger partial charge in [0.15, 0.2) is 0 Å². The van der Waals surface area contributed by atoms with Gasteiger partial charge in [0.05, 0.1) is 0 Å². The molecule has 1 aromatic heterocycles. The maximum atomic E-state index is 11.7. The normalized spacial score (nSPS) is 13.9. The molecule has 1 fully saturated rings. The summed E-state index contributed by atoms with van der Waals surface area (Å²) in [5.74, 6) is 0.664. The molecule has 0 saturated heterocycles. The monoisotopic (exact) mass is 305 g/mol. The van der Waals surface area contributed by atoms with Crippen LogP contribution in [0.15, 0.2) is 5.38 Å². The Bertz CT molecular complexity index is 396. The molecule has 0 aliphatic heterocycles. The van der Waals surface area contributed by atoms with Gasteiger partial charge in [-0.2, -0.15) is 0 Å². The van der Waals surface area contributed by atoms with E-state index >= 15 is 0 Å². The van der Waals surface area contributed by atoms with Gasteiger partial charge in [0.2, 0.25) is 0 Å². The fourth-order valence-electron chi connectivity index (χ4n) is 1.51. The number of aromatic nitrogens is 1. The highest BCUT2D eigenvalue weighted by molar-refractivity contribution is 7.09. The van der Waals surface area contributed by atoms with Gasteiger partial charge in [0, 0.05) is 31.7 Å². The first-order valence-corrected chi connectivity index (χ1v) is 7.18. The van der Waals surface area contributed by atoms with E-state index in [-0.39, 0.29) is 18.3 Å². The fraction of sp³-hybridized carbons (Fsp3) is 0.667. The van der Waals surface area contributed by atoms with Crippen molar-refractivity contribution in [2.75, 3.05) is 19.8 Å². The Morgan fingerprint density at radius 3 is 3.00 bits per heavy atom. The Morgan fingerprint density at radius 1 is 1.58 bits per heavy atom. The van der Waals surface area contributed by atoms with Crippen LogP contribution in [0.5, 0.6) is 0 Å². The number of amides is 1. The number of nitrogens with one attached hydrogen (secondary N) is 1. The topological polar surface area (TPSA) is 77.2 Å². The van der Waals surface area contributed by atoms with Crippen molar-refractivity contribution >= 4 is 29.7 Å². The average Bonchev–Trinajstić information content (AvgIpc) is 3.07. The maximum Gasteiger partial charge on any atom is 0.270 e. The Balaban J connectivity index is 0.00000180. The molecule has 1 amide bonds. The summed E-state index contributed by atoms with van der Waals surface area (Å²) in [5.41, 5.74) is 5.91. The molecule has 1 heterocycles. The van der Waals surface area contributed by atoms with Crippen molar-refractivity contribution in [3.05, 3.63) is 16.1 Å². The molecule has 1 aliphatic carbocycles. The molecule has 3 N–H and O–H groups in total. The lowest BCUT2D eigenvalue weighted by molar-refractivity contribution is 0.0933. The molecule has 5 nitrogen and oxygen atoms in total. The highest BCUT2D eigenvalue weighted by Crippen LogP contribution is 2.28. The van der Waals surface area contributed by atoms with Crippen LogP contribution in [-0.2, 0) is 11.3 Å². The first-order chi connectivity index (χ1) is 8.79. The van der Waals surface area contributed by atoms with Crippen molar-refractivity contribution < 1.29 is 9.53 Å². The summed E-state index contributed by atoms with van der Waals surface area (Å²) in [6.07, 6.45) is 3.46. The van der Waals surface area contributed by atoms with Gasteiger partial charge in [-0.25, -0.2) is 4.98 Å². The number of carbonyl (C=O) groups is 1. The fourth-order valence-corrected chi connectivity index (χ4v) is 2.16. The predicted octanol–water partition coefficient (Wildman–Crippen LogP) is 1.57. The number of hydrogen-bond donors (Lipinski definition) is 2. The second-order valence-electron chi connectivity index (χ2n) is 4.46. The van der Waals surface area contributed by atoms with E-state index in [1.807, 2.05) is 0 Å². The van der Waals surface area contributed by atoms with Crippen LogP contribution in [0, 0.1) is 5.92 Å². The second-order valence-corrected chi connectivity index (χ2v) is 5.40. The van der Waals surface area contributed by atoms with Crippen LogP contribution in [0.1, 0.15) is 34.8 Å². The van der Waals surface area contributed by atoms with E-state index in [0.29, 0.717) is 25.4 Å². The number of carbonyl (C=O) groups excluding carboxylic acids is 1. The molecule has 7 heteroatoms. The van der Waals surface area contributed by atoms with Crippen molar-refractivity contribution in [3.8, 4) is 0 Å². The minimum atomic E-state index is -0.131. The molecular weight excluding hydrogens is 286 g/mol. The van der Waals surface area contributed by atoms with E-state index in [1.165, 1.54) is 24.2 Å². The van der Waals surface area contributed by atoms with E-state index in [1.54, 1.807) is 5.38 Å². The molecule has 0 unspecified atom stereocenters. The second kappa shape index (κ2) is 8.47. The van der Waals surface area contributed by atoms with Gasteiger partial charge in [-0.1, -0.05) is 0 Å². The molecule has 0 atom stereocenters. The molecule has 1 aromatic rings. The Labute approximate surface area is 123 Å². The van der Waals surface area contributed by atoms with E-state index in [0.717, 1.165) is 24.0 Å². The number of nitrogens with zero attached hydrogens (tertiary/aromatic N) is 1. The van der Waals surface area contributed by atoms with Gasteiger partial charge >= 0.3 is 0 Å². The van der Waals surface area contributed by atoms with Crippen molar-refractivity contribution in [3.63, 3.8) is 0 Å². The van der Waals surface area contributed by atoms with Crippen LogP contribution in [0.4, 0.5) is 0 Å². The minimum Gasteiger partial charge on any atom is -0.381 e. The molecule has 108 valence electrons. The van der Waals surface area contributed by atoms with Crippen molar-refractivity contribution in [1.82, 2.24) is 10.3 Å². The van der Waals surface area contributed by atoms with Crippen molar-refractivity contribution in [1.29, 1.82) is 0 Å². The average molecular weight is 306 g/mol. The number of rotatable bonds is 8. The zero-order valence-electron chi connectivity index (χ0n) is 10.8. The van der Waals surface area contributed by atoms with Crippen molar-refractivity contribution in [2.24, 2.45) is 11.7 Å². The summed E-state index contributed by atoms with van der Waals surface area (Å²) in [4.78, 5) is 15.8. The van der Waals surface area contributed by atoms with Gasteiger partial charge in [-0.3, -0.25) is 4.79 Å². The highest BCUT2D eigenvalue weighted by atomic mass is 35.5.